The molecule has 3 heterocycles. The van der Waals surface area contributed by atoms with E-state index >= 15 is 0 Å². The highest BCUT2D eigenvalue weighted by Crippen LogP contribution is 2.24. The molecule has 1 saturated heterocycles. The van der Waals surface area contributed by atoms with Gasteiger partial charge >= 0.3 is 0 Å². The number of pyridine rings is 1. The fraction of sp³-hybridized carbons (Fsp3) is 0.375. The topological polar surface area (TPSA) is 45.2 Å². The molecule has 0 bridgehead atoms. The molecule has 0 radical (unpaired) electrons. The lowest BCUT2D eigenvalue weighted by atomic mass is 10.1. The number of carbonyl (C=O) groups is 1. The van der Waals surface area contributed by atoms with Crippen molar-refractivity contribution in [2.45, 2.75) is 19.9 Å². The van der Waals surface area contributed by atoms with Crippen molar-refractivity contribution in [3.8, 4) is 0 Å². The van der Waals surface area contributed by atoms with Gasteiger partial charge in [-0.2, -0.15) is 0 Å². The Morgan fingerprint density at radius 3 is 3.00 bits per heavy atom. The van der Waals surface area contributed by atoms with Crippen LogP contribution in [-0.2, 0) is 0 Å². The van der Waals surface area contributed by atoms with E-state index in [0.29, 0.717) is 6.54 Å². The van der Waals surface area contributed by atoms with Gasteiger partial charge in [-0.1, -0.05) is 6.07 Å². The second-order valence-corrected chi connectivity index (χ2v) is 6.65. The quantitative estimate of drug-likeness (QED) is 0.927. The van der Waals surface area contributed by atoms with E-state index in [-0.39, 0.29) is 11.9 Å². The standard InChI is InChI=1S/C16H19N3OS/c1-11-8-15(21-12(11)2)16(20)19-7-6-18-14(10-19)13-4-3-5-17-9-13/h3-5,8-9,14,18H,6-7,10H2,1-2H3. The van der Waals surface area contributed by atoms with Gasteiger partial charge in [-0.15, -0.1) is 11.3 Å². The predicted molar refractivity (Wildman–Crippen MR) is 84.7 cm³/mol. The lowest BCUT2D eigenvalue weighted by Gasteiger charge is -2.33. The van der Waals surface area contributed by atoms with Gasteiger partial charge in [0.1, 0.15) is 0 Å². The summed E-state index contributed by atoms with van der Waals surface area (Å²) in [6.07, 6.45) is 3.64. The van der Waals surface area contributed by atoms with E-state index in [9.17, 15) is 4.79 Å². The minimum Gasteiger partial charge on any atom is -0.335 e. The molecule has 2 aromatic rings. The van der Waals surface area contributed by atoms with Gasteiger partial charge in [0.25, 0.3) is 5.91 Å². The van der Waals surface area contributed by atoms with E-state index in [4.69, 9.17) is 0 Å². The smallest absolute Gasteiger partial charge is 0.264 e. The molecule has 1 amide bonds. The molecule has 1 atom stereocenters. The number of carbonyl (C=O) groups excluding carboxylic acids is 1. The van der Waals surface area contributed by atoms with Crippen molar-refractivity contribution in [3.63, 3.8) is 0 Å². The van der Waals surface area contributed by atoms with Crippen LogP contribution in [0.2, 0.25) is 0 Å². The van der Waals surface area contributed by atoms with Gasteiger partial charge in [-0.25, -0.2) is 0 Å². The predicted octanol–water partition coefficient (Wildman–Crippen LogP) is 2.55. The molecule has 110 valence electrons. The minimum absolute atomic E-state index is 0.145. The van der Waals surface area contributed by atoms with Crippen LogP contribution >= 0.6 is 11.3 Å². The van der Waals surface area contributed by atoms with E-state index < -0.39 is 0 Å². The van der Waals surface area contributed by atoms with Crippen LogP contribution in [0.4, 0.5) is 0 Å². The van der Waals surface area contributed by atoms with Crippen molar-refractivity contribution in [1.82, 2.24) is 15.2 Å². The number of amides is 1. The fourth-order valence-electron chi connectivity index (χ4n) is 2.57. The highest BCUT2D eigenvalue weighted by atomic mass is 32.1. The summed E-state index contributed by atoms with van der Waals surface area (Å²) >= 11 is 1.59. The first-order valence-electron chi connectivity index (χ1n) is 7.15. The van der Waals surface area contributed by atoms with Gasteiger partial charge < -0.3 is 10.2 Å². The number of thiophene rings is 1. The molecule has 1 aliphatic rings. The molecule has 21 heavy (non-hydrogen) atoms. The number of nitrogens with one attached hydrogen (secondary N) is 1. The van der Waals surface area contributed by atoms with Crippen molar-refractivity contribution in [1.29, 1.82) is 0 Å². The van der Waals surface area contributed by atoms with Gasteiger partial charge in [-0.05, 0) is 37.1 Å². The van der Waals surface area contributed by atoms with Crippen molar-refractivity contribution in [2.24, 2.45) is 0 Å². The van der Waals surface area contributed by atoms with Crippen LogP contribution < -0.4 is 5.32 Å². The van der Waals surface area contributed by atoms with E-state index in [1.165, 1.54) is 10.4 Å². The zero-order valence-electron chi connectivity index (χ0n) is 12.3. The number of rotatable bonds is 2. The van der Waals surface area contributed by atoms with Gasteiger partial charge in [0, 0.05) is 36.9 Å². The van der Waals surface area contributed by atoms with Crippen molar-refractivity contribution in [2.75, 3.05) is 19.6 Å². The summed E-state index contributed by atoms with van der Waals surface area (Å²) in [4.78, 5) is 20.8. The maximum Gasteiger partial charge on any atom is 0.264 e. The lowest BCUT2D eigenvalue weighted by Crippen LogP contribution is -2.48. The largest absolute Gasteiger partial charge is 0.335 e. The first kappa shape index (κ1) is 14.2. The summed E-state index contributed by atoms with van der Waals surface area (Å²) in [6, 6.07) is 6.16. The number of hydrogen-bond acceptors (Lipinski definition) is 4. The summed E-state index contributed by atoms with van der Waals surface area (Å²) in [5, 5.41) is 3.46. The van der Waals surface area contributed by atoms with Crippen LogP contribution in [0.15, 0.2) is 30.6 Å². The molecule has 2 aromatic heterocycles. The minimum atomic E-state index is 0.145. The van der Waals surface area contributed by atoms with Crippen LogP contribution in [0.3, 0.4) is 0 Å². The Kier molecular flexibility index (Phi) is 4.03. The van der Waals surface area contributed by atoms with E-state index in [0.717, 1.165) is 23.5 Å². The average molecular weight is 301 g/mol. The maximum absolute atomic E-state index is 12.6. The summed E-state index contributed by atoms with van der Waals surface area (Å²) in [5.74, 6) is 0.145. The molecule has 0 aromatic carbocycles. The summed E-state index contributed by atoms with van der Waals surface area (Å²) in [7, 11) is 0. The maximum atomic E-state index is 12.6. The number of aryl methyl sites for hydroxylation is 2. The Balaban J connectivity index is 1.75. The van der Waals surface area contributed by atoms with Gasteiger partial charge in [0.2, 0.25) is 0 Å². The molecule has 1 N–H and O–H groups in total. The molecule has 0 spiro atoms. The lowest BCUT2D eigenvalue weighted by molar-refractivity contribution is 0.0707. The SMILES string of the molecule is Cc1cc(C(=O)N2CCNC(c3cccnc3)C2)sc1C. The third-order valence-corrected chi connectivity index (χ3v) is 5.07. The van der Waals surface area contributed by atoms with Crippen LogP contribution in [0.1, 0.15) is 31.7 Å². The van der Waals surface area contributed by atoms with E-state index in [1.807, 2.05) is 23.2 Å². The molecule has 0 saturated carbocycles. The first-order valence-corrected chi connectivity index (χ1v) is 7.96. The molecular formula is C16H19N3OS. The first-order chi connectivity index (χ1) is 10.1. The van der Waals surface area contributed by atoms with E-state index in [2.05, 4.69) is 30.2 Å². The van der Waals surface area contributed by atoms with Crippen LogP contribution in [0, 0.1) is 13.8 Å². The van der Waals surface area contributed by atoms with Crippen molar-refractivity contribution < 1.29 is 4.79 Å². The third-order valence-electron chi connectivity index (χ3n) is 3.93. The normalized spacial score (nSPS) is 18.8. The molecule has 1 unspecified atom stereocenters. The Morgan fingerprint density at radius 2 is 2.33 bits per heavy atom. The van der Waals surface area contributed by atoms with Crippen LogP contribution in [-0.4, -0.2) is 35.4 Å². The second-order valence-electron chi connectivity index (χ2n) is 5.39. The second kappa shape index (κ2) is 5.95. The van der Waals surface area contributed by atoms with Crippen molar-refractivity contribution >= 4 is 17.2 Å². The molecular weight excluding hydrogens is 282 g/mol. The monoisotopic (exact) mass is 301 g/mol. The third kappa shape index (κ3) is 2.99. The number of nitrogens with zero attached hydrogens (tertiary/aromatic N) is 2. The molecule has 4 nitrogen and oxygen atoms in total. The Labute approximate surface area is 128 Å². The Bertz CT molecular complexity index is 619. The Morgan fingerprint density at radius 1 is 1.48 bits per heavy atom. The van der Waals surface area contributed by atoms with Crippen molar-refractivity contribution in [3.05, 3.63) is 51.5 Å². The molecule has 1 fully saturated rings. The zero-order chi connectivity index (χ0) is 14.8. The average Bonchev–Trinajstić information content (AvgIpc) is 2.87. The summed E-state index contributed by atoms with van der Waals surface area (Å²) in [6.45, 7) is 6.38. The Hall–Kier alpha value is -1.72. The molecule has 5 heteroatoms. The van der Waals surface area contributed by atoms with Gasteiger partial charge in [0.05, 0.1) is 10.9 Å². The molecule has 3 rings (SSSR count). The number of piperazine rings is 1. The summed E-state index contributed by atoms with van der Waals surface area (Å²) in [5.41, 5.74) is 2.33. The zero-order valence-corrected chi connectivity index (χ0v) is 13.1. The van der Waals surface area contributed by atoms with E-state index in [1.54, 1.807) is 17.5 Å². The van der Waals surface area contributed by atoms with Gasteiger partial charge in [0.15, 0.2) is 0 Å². The van der Waals surface area contributed by atoms with Gasteiger partial charge in [-0.3, -0.25) is 9.78 Å². The molecule has 0 aliphatic carbocycles. The fourth-order valence-corrected chi connectivity index (χ4v) is 3.58. The highest BCUT2D eigenvalue weighted by molar-refractivity contribution is 7.14. The van der Waals surface area contributed by atoms with Crippen LogP contribution in [0.25, 0.3) is 0 Å². The van der Waals surface area contributed by atoms with Crippen LogP contribution in [0.5, 0.6) is 0 Å². The highest BCUT2D eigenvalue weighted by Gasteiger charge is 2.26. The summed E-state index contributed by atoms with van der Waals surface area (Å²) < 4.78 is 0. The number of hydrogen-bond donors (Lipinski definition) is 1. The number of aromatic nitrogens is 1. The molecule has 1 aliphatic heterocycles.